The third-order valence-corrected chi connectivity index (χ3v) is 6.14. The second-order valence-electron chi connectivity index (χ2n) is 8.31. The first-order valence-electron chi connectivity index (χ1n) is 12.0. The van der Waals surface area contributed by atoms with Crippen LogP contribution in [0.3, 0.4) is 0 Å². The van der Waals surface area contributed by atoms with E-state index in [0.29, 0.717) is 0 Å². The standard InChI is InChI=1S/C24H41N5O2.HI/c1-3-25-24(26-12-6-7-13-28-16-18-31-19-17-28)27-20-22(29-14-8-9-15-29)21-10-4-5-11-23(21)30-2;/h4-5,10-11,22H,3,6-9,12-20H2,1-2H3,(H2,25,26,27);1H. The lowest BCUT2D eigenvalue weighted by Gasteiger charge is -2.28. The van der Waals surface area contributed by atoms with E-state index in [9.17, 15) is 0 Å². The topological polar surface area (TPSA) is 61.4 Å². The number of hydrogen-bond acceptors (Lipinski definition) is 5. The van der Waals surface area contributed by atoms with Crippen LogP contribution >= 0.6 is 24.0 Å². The molecule has 0 amide bonds. The minimum absolute atomic E-state index is 0. The molecule has 0 aliphatic carbocycles. The number of nitrogens with zero attached hydrogens (tertiary/aromatic N) is 3. The first kappa shape index (κ1) is 27.1. The maximum absolute atomic E-state index is 5.66. The fourth-order valence-corrected chi connectivity index (χ4v) is 4.42. The number of ether oxygens (including phenoxy) is 2. The number of methoxy groups -OCH3 is 1. The maximum Gasteiger partial charge on any atom is 0.191 e. The highest BCUT2D eigenvalue weighted by molar-refractivity contribution is 14.0. The van der Waals surface area contributed by atoms with Gasteiger partial charge in [-0.05, 0) is 58.3 Å². The van der Waals surface area contributed by atoms with Crippen LogP contribution in [0.1, 0.15) is 44.2 Å². The van der Waals surface area contributed by atoms with E-state index in [4.69, 9.17) is 14.5 Å². The largest absolute Gasteiger partial charge is 0.496 e. The molecule has 0 radical (unpaired) electrons. The van der Waals surface area contributed by atoms with Crippen LogP contribution in [0.5, 0.6) is 5.75 Å². The van der Waals surface area contributed by atoms with Crippen molar-refractivity contribution in [3.05, 3.63) is 29.8 Å². The zero-order valence-corrected chi connectivity index (χ0v) is 22.2. The first-order chi connectivity index (χ1) is 15.3. The number of guanidine groups is 1. The van der Waals surface area contributed by atoms with Gasteiger partial charge in [0.2, 0.25) is 0 Å². The van der Waals surface area contributed by atoms with E-state index in [1.807, 2.05) is 6.07 Å². The van der Waals surface area contributed by atoms with Crippen LogP contribution in [-0.2, 0) is 4.74 Å². The van der Waals surface area contributed by atoms with Crippen LogP contribution in [-0.4, -0.2) is 88.4 Å². The molecule has 8 heteroatoms. The lowest BCUT2D eigenvalue weighted by molar-refractivity contribution is 0.0372. The van der Waals surface area contributed by atoms with E-state index in [2.05, 4.69) is 45.6 Å². The number of likely N-dealkylation sites (tertiary alicyclic amines) is 1. The minimum Gasteiger partial charge on any atom is -0.496 e. The van der Waals surface area contributed by atoms with Gasteiger partial charge in [0, 0.05) is 31.7 Å². The molecule has 2 saturated heterocycles. The number of unbranched alkanes of at least 4 members (excludes halogenated alkanes) is 1. The van der Waals surface area contributed by atoms with Gasteiger partial charge in [-0.1, -0.05) is 18.2 Å². The summed E-state index contributed by atoms with van der Waals surface area (Å²) in [5.74, 6) is 1.86. The van der Waals surface area contributed by atoms with Gasteiger partial charge in [0.05, 0.1) is 32.9 Å². The molecule has 1 aromatic carbocycles. The number of nitrogens with one attached hydrogen (secondary N) is 2. The summed E-state index contributed by atoms with van der Waals surface area (Å²) in [4.78, 5) is 10.0. The molecule has 7 nitrogen and oxygen atoms in total. The SMILES string of the molecule is CCNC(=NCC(c1ccccc1OC)N1CCCC1)NCCCCN1CCOCC1.I. The normalized spacial score (nSPS) is 18.8. The Balaban J connectivity index is 0.00000363. The van der Waals surface area contributed by atoms with Crippen molar-refractivity contribution < 1.29 is 9.47 Å². The van der Waals surface area contributed by atoms with Crippen LogP contribution in [0, 0.1) is 0 Å². The highest BCUT2D eigenvalue weighted by Crippen LogP contribution is 2.31. The van der Waals surface area contributed by atoms with Crippen molar-refractivity contribution >= 4 is 29.9 Å². The minimum atomic E-state index is 0. The third-order valence-electron chi connectivity index (χ3n) is 6.14. The Kier molecular flexibility index (Phi) is 13.3. The Morgan fingerprint density at radius 2 is 1.84 bits per heavy atom. The van der Waals surface area contributed by atoms with Crippen LogP contribution < -0.4 is 15.4 Å². The van der Waals surface area contributed by atoms with E-state index in [-0.39, 0.29) is 30.0 Å². The second-order valence-corrected chi connectivity index (χ2v) is 8.31. The van der Waals surface area contributed by atoms with Crippen LogP contribution in [0.25, 0.3) is 0 Å². The monoisotopic (exact) mass is 559 g/mol. The second kappa shape index (κ2) is 15.7. The fourth-order valence-electron chi connectivity index (χ4n) is 4.42. The number of para-hydroxylation sites is 1. The van der Waals surface area contributed by atoms with Gasteiger partial charge in [0.25, 0.3) is 0 Å². The highest BCUT2D eigenvalue weighted by Gasteiger charge is 2.25. The summed E-state index contributed by atoms with van der Waals surface area (Å²) in [6.45, 7) is 12.0. The van der Waals surface area contributed by atoms with Crippen molar-refractivity contribution in [2.45, 2.75) is 38.6 Å². The molecule has 1 atom stereocenters. The summed E-state index contributed by atoms with van der Waals surface area (Å²) < 4.78 is 11.1. The summed E-state index contributed by atoms with van der Waals surface area (Å²) in [6, 6.07) is 8.62. The van der Waals surface area contributed by atoms with Crippen molar-refractivity contribution in [3.8, 4) is 5.75 Å². The molecule has 182 valence electrons. The Morgan fingerprint density at radius 1 is 1.09 bits per heavy atom. The molecule has 32 heavy (non-hydrogen) atoms. The van der Waals surface area contributed by atoms with E-state index in [1.165, 1.54) is 24.8 Å². The van der Waals surface area contributed by atoms with Crippen molar-refractivity contribution in [2.24, 2.45) is 4.99 Å². The summed E-state index contributed by atoms with van der Waals surface area (Å²) in [5, 5.41) is 6.94. The van der Waals surface area contributed by atoms with Crippen molar-refractivity contribution in [1.82, 2.24) is 20.4 Å². The van der Waals surface area contributed by atoms with Gasteiger partial charge in [-0.15, -0.1) is 24.0 Å². The molecular formula is C24H42IN5O2. The van der Waals surface area contributed by atoms with Crippen LogP contribution in [0.15, 0.2) is 29.3 Å². The molecule has 1 aromatic rings. The fraction of sp³-hybridized carbons (Fsp3) is 0.708. The number of halogens is 1. The molecule has 2 N–H and O–H groups in total. The van der Waals surface area contributed by atoms with Gasteiger partial charge in [-0.3, -0.25) is 14.8 Å². The van der Waals surface area contributed by atoms with Crippen molar-refractivity contribution in [1.29, 1.82) is 0 Å². The smallest absolute Gasteiger partial charge is 0.191 e. The zero-order chi connectivity index (χ0) is 21.7. The molecular weight excluding hydrogens is 517 g/mol. The van der Waals surface area contributed by atoms with Gasteiger partial charge in [0.15, 0.2) is 5.96 Å². The van der Waals surface area contributed by atoms with Gasteiger partial charge in [-0.25, -0.2) is 0 Å². The molecule has 2 aliphatic rings. The average molecular weight is 560 g/mol. The quantitative estimate of drug-likeness (QED) is 0.188. The van der Waals surface area contributed by atoms with E-state index in [1.54, 1.807) is 7.11 Å². The summed E-state index contributed by atoms with van der Waals surface area (Å²) in [7, 11) is 1.76. The number of aliphatic imine (C=N–C) groups is 1. The molecule has 0 aromatic heterocycles. The summed E-state index contributed by atoms with van der Waals surface area (Å²) in [6.07, 6.45) is 4.86. The molecule has 0 bridgehead atoms. The maximum atomic E-state index is 5.66. The molecule has 2 aliphatic heterocycles. The molecule has 1 unspecified atom stereocenters. The zero-order valence-electron chi connectivity index (χ0n) is 19.9. The predicted molar refractivity (Wildman–Crippen MR) is 142 cm³/mol. The number of hydrogen-bond donors (Lipinski definition) is 2. The van der Waals surface area contributed by atoms with E-state index >= 15 is 0 Å². The Bertz CT molecular complexity index is 664. The lowest BCUT2D eigenvalue weighted by Crippen LogP contribution is -2.39. The highest BCUT2D eigenvalue weighted by atomic mass is 127. The average Bonchev–Trinajstić information content (AvgIpc) is 3.34. The Morgan fingerprint density at radius 3 is 2.56 bits per heavy atom. The molecule has 0 saturated carbocycles. The number of rotatable bonds is 11. The van der Waals surface area contributed by atoms with Crippen molar-refractivity contribution in [3.63, 3.8) is 0 Å². The lowest BCUT2D eigenvalue weighted by atomic mass is 10.0. The molecule has 0 spiro atoms. The van der Waals surface area contributed by atoms with Crippen LogP contribution in [0.2, 0.25) is 0 Å². The van der Waals surface area contributed by atoms with Gasteiger partial charge in [-0.2, -0.15) is 0 Å². The van der Waals surface area contributed by atoms with Gasteiger partial charge < -0.3 is 20.1 Å². The number of morpholine rings is 1. The molecule has 2 fully saturated rings. The predicted octanol–water partition coefficient (Wildman–Crippen LogP) is 3.12. The van der Waals surface area contributed by atoms with Crippen LogP contribution in [0.4, 0.5) is 0 Å². The molecule has 3 rings (SSSR count). The summed E-state index contributed by atoms with van der Waals surface area (Å²) in [5.41, 5.74) is 1.23. The van der Waals surface area contributed by atoms with Gasteiger partial charge >= 0.3 is 0 Å². The Labute approximate surface area is 211 Å². The third kappa shape index (κ3) is 8.68. The van der Waals surface area contributed by atoms with E-state index in [0.717, 1.165) is 83.7 Å². The van der Waals surface area contributed by atoms with Crippen molar-refractivity contribution in [2.75, 3.05) is 72.7 Å². The van der Waals surface area contributed by atoms with Gasteiger partial charge in [0.1, 0.15) is 5.75 Å². The number of benzene rings is 1. The Hall–Kier alpha value is -1.10. The first-order valence-corrected chi connectivity index (χ1v) is 12.0. The van der Waals surface area contributed by atoms with E-state index < -0.39 is 0 Å². The molecule has 2 heterocycles. The summed E-state index contributed by atoms with van der Waals surface area (Å²) >= 11 is 0.